The summed E-state index contributed by atoms with van der Waals surface area (Å²) in [5.41, 5.74) is 6.58. The van der Waals surface area contributed by atoms with Gasteiger partial charge in [-0.3, -0.25) is 0 Å². The van der Waals surface area contributed by atoms with Crippen LogP contribution in [-0.4, -0.2) is 62.9 Å². The van der Waals surface area contributed by atoms with E-state index >= 15 is 0 Å². The van der Waals surface area contributed by atoms with Gasteiger partial charge in [0.1, 0.15) is 13.1 Å². The van der Waals surface area contributed by atoms with Crippen molar-refractivity contribution in [3.63, 3.8) is 0 Å². The van der Waals surface area contributed by atoms with Gasteiger partial charge in [-0.2, -0.15) is 0 Å². The van der Waals surface area contributed by atoms with Crippen molar-refractivity contribution in [1.82, 2.24) is 0 Å². The molecule has 7 heteroatoms. The average Bonchev–Trinajstić information content (AvgIpc) is 2.88. The van der Waals surface area contributed by atoms with E-state index in [1.165, 1.54) is 60.6 Å². The Bertz CT molecular complexity index is 981. The number of nitrogens with zero attached hydrogens (tertiary/aromatic N) is 2. The van der Waals surface area contributed by atoms with Crippen molar-refractivity contribution in [2.45, 2.75) is 78.3 Å². The summed E-state index contributed by atoms with van der Waals surface area (Å²) in [6.45, 7) is 18.8. The monoisotopic (exact) mass is 588 g/mol. The Balaban J connectivity index is 0.000000817. The molecule has 0 spiro atoms. The first-order valence-electron chi connectivity index (χ1n) is 15.4. The zero-order valence-electron chi connectivity index (χ0n) is 28.8. The topological polar surface area (TPSA) is 35.3 Å². The normalized spacial score (nSPS) is 14.9. The molecule has 0 heterocycles. The molecule has 0 radical (unpaired) electrons. The van der Waals surface area contributed by atoms with Gasteiger partial charge in [-0.15, -0.1) is 0 Å². The van der Waals surface area contributed by atoms with E-state index in [9.17, 15) is 0 Å². The van der Waals surface area contributed by atoms with Crippen LogP contribution in [0.2, 0.25) is 39.3 Å². The molecule has 1 aliphatic rings. The molecule has 224 valence electrons. The number of amidine groups is 1. The van der Waals surface area contributed by atoms with Gasteiger partial charge in [-0.1, -0.05) is 150 Å². The number of rotatable bonds is 8. The van der Waals surface area contributed by atoms with Crippen molar-refractivity contribution in [3.8, 4) is 0 Å². The van der Waals surface area contributed by atoms with Crippen LogP contribution in [0, 0.1) is 5.92 Å². The summed E-state index contributed by atoms with van der Waals surface area (Å²) >= 11 is 0. The predicted octanol–water partition coefficient (Wildman–Crippen LogP) is 3.75. The third kappa shape index (κ3) is 20.2. The second-order valence-corrected chi connectivity index (χ2v) is 24.0. The molecule has 0 saturated heterocycles. The Morgan fingerprint density at radius 3 is 1.61 bits per heavy atom. The SMILES string of the molecule is CC1CCCCC1.C[NH+](C)CC[NH+](C)C.C[Si](C)(C)/C=C(/N=C([N-]c1ccccc1)[Si](C)(C)C)c1ccccc1.[Li+]. The van der Waals surface area contributed by atoms with E-state index in [-0.39, 0.29) is 18.9 Å². The minimum atomic E-state index is -1.68. The molecule has 0 bridgehead atoms. The third-order valence-electron chi connectivity index (χ3n) is 6.55. The summed E-state index contributed by atoms with van der Waals surface area (Å²) in [4.78, 5) is 8.17. The van der Waals surface area contributed by atoms with Gasteiger partial charge in [0.05, 0.1) is 44.3 Å². The Labute approximate surface area is 268 Å². The second-order valence-electron chi connectivity index (χ2n) is 14.1. The molecule has 41 heavy (non-hydrogen) atoms. The van der Waals surface area contributed by atoms with Crippen LogP contribution in [0.25, 0.3) is 11.0 Å². The van der Waals surface area contributed by atoms with Gasteiger partial charge in [-0.25, -0.2) is 0 Å². The van der Waals surface area contributed by atoms with E-state index in [0.29, 0.717) is 0 Å². The van der Waals surface area contributed by atoms with E-state index in [1.54, 1.807) is 0 Å². The molecule has 0 aliphatic heterocycles. The first-order chi connectivity index (χ1) is 18.7. The van der Waals surface area contributed by atoms with Gasteiger partial charge in [0, 0.05) is 0 Å². The molecule has 2 aromatic rings. The number of para-hydroxylation sites is 1. The average molecular weight is 589 g/mol. The minimum absolute atomic E-state index is 0. The van der Waals surface area contributed by atoms with E-state index in [0.717, 1.165) is 22.8 Å². The maximum Gasteiger partial charge on any atom is 1.00 e. The smallest absolute Gasteiger partial charge is 0.444 e. The van der Waals surface area contributed by atoms with Crippen molar-refractivity contribution < 1.29 is 28.7 Å². The van der Waals surface area contributed by atoms with Gasteiger partial charge in [0.15, 0.2) is 0 Å². The Kier molecular flexibility index (Phi) is 19.8. The fourth-order valence-electron chi connectivity index (χ4n) is 4.11. The summed E-state index contributed by atoms with van der Waals surface area (Å²) < 4.78 is 0. The van der Waals surface area contributed by atoms with Crippen molar-refractivity contribution in [2.75, 3.05) is 41.3 Å². The van der Waals surface area contributed by atoms with Crippen LogP contribution in [0.4, 0.5) is 5.69 Å². The number of hydrogen-bond acceptors (Lipinski definition) is 1. The van der Waals surface area contributed by atoms with Gasteiger partial charge in [-0.05, 0) is 22.9 Å². The molecular formula is C34H61LiN4Si2+2. The first kappa shape index (κ1) is 39.6. The van der Waals surface area contributed by atoms with Crippen LogP contribution < -0.4 is 28.7 Å². The largest absolute Gasteiger partial charge is 1.00 e. The Morgan fingerprint density at radius 2 is 1.24 bits per heavy atom. The first-order valence-corrected chi connectivity index (χ1v) is 22.5. The molecule has 0 unspecified atom stereocenters. The summed E-state index contributed by atoms with van der Waals surface area (Å²) in [5.74, 6) is 1.04. The zero-order chi connectivity index (χ0) is 30.2. The summed E-state index contributed by atoms with van der Waals surface area (Å²) in [6, 6.07) is 20.6. The molecule has 1 aliphatic carbocycles. The molecule has 1 saturated carbocycles. The van der Waals surface area contributed by atoms with Gasteiger partial charge in [0.2, 0.25) is 0 Å². The number of nitrogens with one attached hydrogen (secondary N) is 2. The third-order valence-corrected chi connectivity index (χ3v) is 9.25. The quantitative estimate of drug-likeness (QED) is 0.268. The molecule has 0 atom stereocenters. The summed E-state index contributed by atoms with van der Waals surface area (Å²) in [7, 11) is 5.63. The predicted molar refractivity (Wildman–Crippen MR) is 186 cm³/mol. The molecule has 2 aromatic carbocycles. The van der Waals surface area contributed by atoms with Crippen LogP contribution in [0.1, 0.15) is 44.6 Å². The molecular weight excluding hydrogens is 528 g/mol. The second kappa shape index (κ2) is 20.5. The number of aliphatic imine (C=N–C) groups is 1. The zero-order valence-corrected chi connectivity index (χ0v) is 30.8. The van der Waals surface area contributed by atoms with Crippen molar-refractivity contribution in [3.05, 3.63) is 77.2 Å². The van der Waals surface area contributed by atoms with Crippen LogP contribution in [0.15, 0.2) is 71.4 Å². The molecule has 4 nitrogen and oxygen atoms in total. The Hall–Kier alpha value is -1.40. The van der Waals surface area contributed by atoms with Gasteiger partial charge < -0.3 is 20.1 Å². The maximum absolute atomic E-state index is 5.11. The summed E-state index contributed by atoms with van der Waals surface area (Å²) in [5, 5.41) is 4.91. The van der Waals surface area contributed by atoms with Crippen molar-refractivity contribution in [2.24, 2.45) is 10.9 Å². The molecule has 2 N–H and O–H groups in total. The Morgan fingerprint density at radius 1 is 0.780 bits per heavy atom. The van der Waals surface area contributed by atoms with Gasteiger partial charge in [0.25, 0.3) is 0 Å². The van der Waals surface area contributed by atoms with E-state index in [2.05, 4.69) is 104 Å². The minimum Gasteiger partial charge on any atom is -0.444 e. The van der Waals surface area contributed by atoms with Crippen LogP contribution in [0.5, 0.6) is 0 Å². The van der Waals surface area contributed by atoms with Crippen molar-refractivity contribution in [1.29, 1.82) is 0 Å². The van der Waals surface area contributed by atoms with E-state index in [1.807, 2.05) is 36.4 Å². The van der Waals surface area contributed by atoms with Gasteiger partial charge >= 0.3 is 18.9 Å². The van der Waals surface area contributed by atoms with Crippen molar-refractivity contribution >= 4 is 33.0 Å². The summed E-state index contributed by atoms with van der Waals surface area (Å²) in [6.07, 6.45) is 7.44. The molecule has 3 rings (SSSR count). The fourth-order valence-corrected chi connectivity index (χ4v) is 6.08. The number of likely N-dealkylation sites (N-methyl/N-ethyl adjacent to an activating group) is 2. The van der Waals surface area contributed by atoms with Crippen LogP contribution in [-0.2, 0) is 0 Å². The van der Waals surface area contributed by atoms with E-state index < -0.39 is 16.1 Å². The fraction of sp³-hybridized carbons (Fsp3) is 0.559. The molecule has 0 aromatic heterocycles. The maximum atomic E-state index is 5.11. The number of hydrogen-bond donors (Lipinski definition) is 2. The number of quaternary nitrogens is 2. The number of benzene rings is 2. The standard InChI is InChI=1S/C21H29N2Si2.C7H14.C6H16N2.Li/c1-24(2,3)17-20(18-13-9-7-10-14-18)23-21(25(4,5)6)22-19-15-11-8-12-16-19;1-7-5-3-2-4-6-7;1-7(2)5-6-8(3)4;/h7-17H,1-6H3;7H,2-6H2,1H3;5-6H2,1-4H3;/q-1;;;+1/p+2/b20-17+;;;. The van der Waals surface area contributed by atoms with Crippen LogP contribution in [0.3, 0.4) is 0 Å². The molecule has 1 fully saturated rings. The molecule has 0 amide bonds. The van der Waals surface area contributed by atoms with Crippen LogP contribution >= 0.6 is 0 Å². The van der Waals surface area contributed by atoms with E-state index in [4.69, 9.17) is 10.3 Å².